The van der Waals surface area contributed by atoms with Gasteiger partial charge in [0.2, 0.25) is 0 Å². The molecule has 2 unspecified atom stereocenters. The van der Waals surface area contributed by atoms with Crippen LogP contribution >= 0.6 is 0 Å². The maximum atomic E-state index is 14.8. The number of fused-ring (bicyclic) bond motifs is 1. The predicted octanol–water partition coefficient (Wildman–Crippen LogP) is 13.4. The molecule has 5 heteroatoms. The lowest BCUT2D eigenvalue weighted by molar-refractivity contribution is -0.123. The fourth-order valence-corrected chi connectivity index (χ4v) is 8.38. The number of carbonyl (C=O) groups excluding carboxylic acids is 1. The monoisotopic (exact) mass is 689 g/mol. The van der Waals surface area contributed by atoms with E-state index in [0.29, 0.717) is 11.8 Å². The number of carbonyl (C=O) groups is 1. The molecule has 0 fully saturated rings. The summed E-state index contributed by atoms with van der Waals surface area (Å²) in [6.07, 6.45) is 33.1. The Balaban J connectivity index is 1.60. The van der Waals surface area contributed by atoms with E-state index >= 15 is 0 Å². The molecular weight excluding hydrogens is 617 g/mol. The summed E-state index contributed by atoms with van der Waals surface area (Å²) in [7, 11) is 0. The van der Waals surface area contributed by atoms with Crippen molar-refractivity contribution in [3.05, 3.63) is 59.5 Å². The highest BCUT2D eigenvalue weighted by Gasteiger charge is 2.46. The largest absolute Gasteiger partial charge is 0.463 e. The summed E-state index contributed by atoms with van der Waals surface area (Å²) in [4.78, 5) is 19.4. The van der Waals surface area contributed by atoms with Gasteiger partial charge in [-0.3, -0.25) is 4.79 Å². The van der Waals surface area contributed by atoms with E-state index in [0.717, 1.165) is 53.7 Å². The molecule has 4 rings (SSSR count). The summed E-state index contributed by atoms with van der Waals surface area (Å²) >= 11 is 0. The average molecular weight is 689 g/mol. The van der Waals surface area contributed by atoms with Gasteiger partial charge in [-0.15, -0.1) is 0 Å². The summed E-state index contributed by atoms with van der Waals surface area (Å²) < 4.78 is 12.2. The van der Waals surface area contributed by atoms with Gasteiger partial charge in [-0.2, -0.15) is 0 Å². The number of rotatable bonds is 29. The molecule has 2 aromatic heterocycles. The van der Waals surface area contributed by atoms with Crippen LogP contribution in [-0.4, -0.2) is 35.3 Å². The van der Waals surface area contributed by atoms with Gasteiger partial charge >= 0.3 is 0 Å². The fraction of sp³-hybridized carbons (Fsp3) is 0.711. The Hall–Kier alpha value is -2.69. The van der Waals surface area contributed by atoms with Crippen LogP contribution in [0.15, 0.2) is 56.8 Å². The van der Waals surface area contributed by atoms with Gasteiger partial charge in [0.15, 0.2) is 11.5 Å². The number of amides is 1. The van der Waals surface area contributed by atoms with Gasteiger partial charge in [0.1, 0.15) is 0 Å². The quantitative estimate of drug-likeness (QED) is 0.0798. The number of hydrogen-bond acceptors (Lipinski definition) is 4. The van der Waals surface area contributed by atoms with Crippen LogP contribution in [0, 0.1) is 11.8 Å². The fourth-order valence-electron chi connectivity index (χ4n) is 8.38. The van der Waals surface area contributed by atoms with E-state index in [2.05, 4.69) is 49.6 Å². The van der Waals surface area contributed by atoms with Crippen LogP contribution in [0.1, 0.15) is 187 Å². The van der Waals surface area contributed by atoms with Crippen molar-refractivity contribution in [2.24, 2.45) is 11.8 Å². The zero-order valence-electron chi connectivity index (χ0n) is 32.6. The molecule has 0 spiro atoms. The van der Waals surface area contributed by atoms with E-state index in [1.807, 2.05) is 12.1 Å². The van der Waals surface area contributed by atoms with Crippen molar-refractivity contribution in [1.29, 1.82) is 0 Å². The molecule has 0 radical (unpaired) electrons. The second kappa shape index (κ2) is 23.0. The van der Waals surface area contributed by atoms with Crippen molar-refractivity contribution < 1.29 is 13.6 Å². The van der Waals surface area contributed by atoms with Crippen molar-refractivity contribution in [2.45, 2.75) is 175 Å². The molecule has 2 aromatic rings. The first-order valence-electron chi connectivity index (χ1n) is 21.2. The van der Waals surface area contributed by atoms with E-state index in [1.165, 1.54) is 148 Å². The molecule has 0 saturated heterocycles. The lowest BCUT2D eigenvalue weighted by atomic mass is 9.93. The highest BCUT2D eigenvalue weighted by atomic mass is 16.3. The summed E-state index contributed by atoms with van der Waals surface area (Å²) in [6.45, 7) is 11.6. The second-order valence-corrected chi connectivity index (χ2v) is 15.5. The predicted molar refractivity (Wildman–Crippen MR) is 210 cm³/mol. The molecular formula is C45H72N2O3. The first-order valence-corrected chi connectivity index (χ1v) is 21.2. The number of hydrogen-bond donors (Lipinski definition) is 0. The van der Waals surface area contributed by atoms with Crippen LogP contribution < -0.4 is 0 Å². The van der Waals surface area contributed by atoms with Gasteiger partial charge in [-0.05, 0) is 61.8 Å². The summed E-state index contributed by atoms with van der Waals surface area (Å²) in [5.74, 6) is 2.89. The zero-order chi connectivity index (χ0) is 35.4. The molecule has 2 atom stereocenters. The molecule has 4 heterocycles. The summed E-state index contributed by atoms with van der Waals surface area (Å²) in [6, 6.07) is 8.04. The first kappa shape index (κ1) is 40.1. The minimum Gasteiger partial charge on any atom is -0.463 e. The highest BCUT2D eigenvalue weighted by molar-refractivity contribution is 6.15. The lowest BCUT2D eigenvalue weighted by Gasteiger charge is -2.30. The Bertz CT molecular complexity index is 1260. The van der Waals surface area contributed by atoms with Crippen molar-refractivity contribution in [1.82, 2.24) is 9.80 Å². The minimum absolute atomic E-state index is 0.139. The molecule has 0 aromatic carbocycles. The van der Waals surface area contributed by atoms with E-state index < -0.39 is 0 Å². The van der Waals surface area contributed by atoms with Crippen LogP contribution in [0.5, 0.6) is 0 Å². The van der Waals surface area contributed by atoms with Gasteiger partial charge in [-0.1, -0.05) is 150 Å². The average Bonchev–Trinajstić information content (AvgIpc) is 3.94. The molecule has 50 heavy (non-hydrogen) atoms. The maximum absolute atomic E-state index is 14.8. The standard InChI is InChI=1S/C45H72N2O3/c1-5-9-13-17-19-23-27-37(26-20-15-11-7-3)34-46-36-39-42(44(46)41-31-25-33-50-41)45(48)47(43(39)40-30-24-32-49-40)35-38(28-21-16-12-8-4)29-22-18-14-10-6-2/h24-25,30-33,37-38H,5-23,26-29,34-36H2,1-4H3. The normalized spacial score (nSPS) is 16.0. The third kappa shape index (κ3) is 11.9. The number of unbranched alkanes of at least 4 members (excludes halogenated alkanes) is 15. The summed E-state index contributed by atoms with van der Waals surface area (Å²) in [5, 5.41) is 0. The summed E-state index contributed by atoms with van der Waals surface area (Å²) in [5.41, 5.74) is 3.99. The van der Waals surface area contributed by atoms with E-state index in [4.69, 9.17) is 8.83 Å². The lowest BCUT2D eigenvalue weighted by Crippen LogP contribution is -2.33. The molecule has 0 saturated carbocycles. The van der Waals surface area contributed by atoms with Gasteiger partial charge in [0.25, 0.3) is 5.91 Å². The molecule has 5 nitrogen and oxygen atoms in total. The third-order valence-electron chi connectivity index (χ3n) is 11.3. The van der Waals surface area contributed by atoms with Crippen molar-refractivity contribution >= 4 is 17.3 Å². The van der Waals surface area contributed by atoms with Crippen LogP contribution in [0.3, 0.4) is 0 Å². The van der Waals surface area contributed by atoms with Crippen molar-refractivity contribution in [2.75, 3.05) is 19.6 Å². The van der Waals surface area contributed by atoms with Crippen LogP contribution in [0.25, 0.3) is 11.4 Å². The Morgan fingerprint density at radius 1 is 0.560 bits per heavy atom. The van der Waals surface area contributed by atoms with Crippen LogP contribution in [0.4, 0.5) is 0 Å². The van der Waals surface area contributed by atoms with Gasteiger partial charge in [0, 0.05) is 25.2 Å². The van der Waals surface area contributed by atoms with Gasteiger partial charge in [0.05, 0.1) is 29.5 Å². The smallest absolute Gasteiger partial charge is 0.261 e. The Morgan fingerprint density at radius 2 is 0.980 bits per heavy atom. The molecule has 2 aliphatic heterocycles. The third-order valence-corrected chi connectivity index (χ3v) is 11.3. The second-order valence-electron chi connectivity index (χ2n) is 15.5. The Morgan fingerprint density at radius 3 is 1.44 bits per heavy atom. The number of nitrogens with zero attached hydrogens (tertiary/aromatic N) is 2. The molecule has 1 amide bonds. The Kier molecular flexibility index (Phi) is 18.4. The van der Waals surface area contributed by atoms with Crippen LogP contribution in [0.2, 0.25) is 0 Å². The van der Waals surface area contributed by atoms with Gasteiger partial charge < -0.3 is 18.6 Å². The topological polar surface area (TPSA) is 49.8 Å². The minimum atomic E-state index is 0.139. The van der Waals surface area contributed by atoms with E-state index in [1.54, 1.807) is 12.5 Å². The SMILES string of the molecule is CCCCCCCCC(CCCCCC)CN1CC2=C(c3ccco3)N(CC(CCCCCC)CCCCCCC)C(=O)C2=C1c1ccco1. The molecule has 2 aliphatic rings. The van der Waals surface area contributed by atoms with Gasteiger partial charge in [-0.25, -0.2) is 0 Å². The Labute approximate surface area is 306 Å². The molecule has 280 valence electrons. The zero-order valence-corrected chi connectivity index (χ0v) is 32.6. The molecule has 0 aliphatic carbocycles. The van der Waals surface area contributed by atoms with E-state index in [-0.39, 0.29) is 5.91 Å². The van der Waals surface area contributed by atoms with Crippen molar-refractivity contribution in [3.63, 3.8) is 0 Å². The first-order chi connectivity index (χ1) is 24.6. The molecule has 0 N–H and O–H groups in total. The maximum Gasteiger partial charge on any atom is 0.261 e. The van der Waals surface area contributed by atoms with Crippen LogP contribution in [-0.2, 0) is 4.79 Å². The molecule has 0 bridgehead atoms. The van der Waals surface area contributed by atoms with Crippen molar-refractivity contribution in [3.8, 4) is 0 Å². The van der Waals surface area contributed by atoms with E-state index in [9.17, 15) is 4.79 Å². The number of furan rings is 2. The highest BCUT2D eigenvalue weighted by Crippen LogP contribution is 2.47.